The van der Waals surface area contributed by atoms with Crippen LogP contribution < -0.4 is 16.0 Å². The molecule has 2 rings (SSSR count). The van der Waals surface area contributed by atoms with E-state index in [1.54, 1.807) is 24.3 Å². The van der Waals surface area contributed by atoms with Crippen LogP contribution in [-0.2, 0) is 4.79 Å². The summed E-state index contributed by atoms with van der Waals surface area (Å²) in [5, 5.41) is 26.0. The highest BCUT2D eigenvalue weighted by atomic mass is 16.3. The average Bonchev–Trinajstić information content (AvgIpc) is 2.28. The Morgan fingerprint density at radius 3 is 2.59 bits per heavy atom. The van der Waals surface area contributed by atoms with Crippen molar-refractivity contribution >= 4 is 11.6 Å². The second kappa shape index (κ2) is 4.45. The summed E-state index contributed by atoms with van der Waals surface area (Å²) in [6.45, 7) is 0. The summed E-state index contributed by atoms with van der Waals surface area (Å²) in [5.74, 6) is -0.577. The fourth-order valence-corrected chi connectivity index (χ4v) is 1.41. The number of nitrogens with one attached hydrogen (secondary N) is 3. The van der Waals surface area contributed by atoms with Crippen molar-refractivity contribution in [2.75, 3.05) is 5.32 Å². The van der Waals surface area contributed by atoms with Gasteiger partial charge in [-0.2, -0.15) is 5.26 Å². The van der Waals surface area contributed by atoms with Gasteiger partial charge in [0.25, 0.3) is 5.91 Å². The number of carbonyl (C=O) groups is 1. The third kappa shape index (κ3) is 2.66. The number of aliphatic hydroxyl groups excluding tert-OH is 1. The van der Waals surface area contributed by atoms with Crippen LogP contribution >= 0.6 is 0 Å². The molecular weight excluding hydrogens is 220 g/mol. The summed E-state index contributed by atoms with van der Waals surface area (Å²) < 4.78 is 0. The van der Waals surface area contributed by atoms with Crippen LogP contribution in [0.3, 0.4) is 0 Å². The van der Waals surface area contributed by atoms with Crippen LogP contribution in [0.1, 0.15) is 5.56 Å². The molecular formula is C11H10N4O2. The van der Waals surface area contributed by atoms with Gasteiger partial charge in [-0.25, -0.2) is 0 Å². The van der Waals surface area contributed by atoms with Crippen LogP contribution in [0.25, 0.3) is 0 Å². The molecule has 0 fully saturated rings. The summed E-state index contributed by atoms with van der Waals surface area (Å²) in [7, 11) is 0. The van der Waals surface area contributed by atoms with Crippen LogP contribution in [0.5, 0.6) is 0 Å². The topological polar surface area (TPSA) is 97.2 Å². The fourth-order valence-electron chi connectivity index (χ4n) is 1.41. The highest BCUT2D eigenvalue weighted by molar-refractivity contribution is 5.89. The van der Waals surface area contributed by atoms with Gasteiger partial charge in [0.05, 0.1) is 17.7 Å². The molecule has 0 radical (unpaired) electrons. The Hall–Kier alpha value is -2.68. The highest BCUT2D eigenvalue weighted by Crippen LogP contribution is 2.10. The maximum atomic E-state index is 11.1. The lowest BCUT2D eigenvalue weighted by atomic mass is 10.2. The Morgan fingerprint density at radius 1 is 1.29 bits per heavy atom. The Kier molecular flexibility index (Phi) is 2.83. The normalized spacial score (nSPS) is 18.4. The van der Waals surface area contributed by atoms with Crippen molar-refractivity contribution in [3.8, 4) is 6.07 Å². The molecule has 1 unspecified atom stereocenters. The van der Waals surface area contributed by atoms with E-state index < -0.39 is 6.29 Å². The van der Waals surface area contributed by atoms with Gasteiger partial charge < -0.3 is 21.1 Å². The molecule has 0 aliphatic carbocycles. The number of anilines is 1. The number of benzene rings is 1. The maximum absolute atomic E-state index is 11.1. The Morgan fingerprint density at radius 2 is 2.00 bits per heavy atom. The van der Waals surface area contributed by atoms with Crippen molar-refractivity contribution in [1.29, 1.82) is 5.26 Å². The lowest BCUT2D eigenvalue weighted by molar-refractivity contribution is -0.118. The number of nitrogens with zero attached hydrogens (tertiary/aromatic N) is 1. The summed E-state index contributed by atoms with van der Waals surface area (Å²) in [4.78, 5) is 11.1. The van der Waals surface area contributed by atoms with Crippen LogP contribution in [-0.4, -0.2) is 17.3 Å². The lowest BCUT2D eigenvalue weighted by Crippen LogP contribution is -2.53. The zero-order valence-electron chi connectivity index (χ0n) is 8.77. The summed E-state index contributed by atoms with van der Waals surface area (Å²) >= 11 is 0. The van der Waals surface area contributed by atoms with E-state index in [1.165, 1.54) is 0 Å². The number of rotatable bonds is 2. The molecule has 0 aromatic heterocycles. The number of carbonyl (C=O) groups excluding carboxylic acids is 1. The number of amides is 1. The lowest BCUT2D eigenvalue weighted by Gasteiger charge is -2.25. The quantitative estimate of drug-likeness (QED) is 0.588. The van der Waals surface area contributed by atoms with Gasteiger partial charge >= 0.3 is 0 Å². The van der Waals surface area contributed by atoms with E-state index in [4.69, 9.17) is 5.26 Å². The van der Waals surface area contributed by atoms with E-state index in [9.17, 15) is 9.90 Å². The van der Waals surface area contributed by atoms with Gasteiger partial charge in [-0.05, 0) is 24.3 Å². The Labute approximate surface area is 97.6 Å². The number of hydrogen-bond acceptors (Lipinski definition) is 5. The molecule has 86 valence electrons. The third-order valence-electron chi connectivity index (χ3n) is 2.17. The zero-order chi connectivity index (χ0) is 12.3. The first kappa shape index (κ1) is 10.8. The van der Waals surface area contributed by atoms with Crippen LogP contribution in [0.4, 0.5) is 5.69 Å². The largest absolute Gasteiger partial charge is 0.495 e. The van der Waals surface area contributed by atoms with Gasteiger partial charge in [-0.1, -0.05) is 0 Å². The SMILES string of the molecule is N#Cc1ccc(NC2NC(=O)C=C(O)N2)cc1. The number of aliphatic hydroxyl groups is 1. The fraction of sp³-hybridized carbons (Fsp3) is 0.0909. The van der Waals surface area contributed by atoms with Crippen molar-refractivity contribution < 1.29 is 9.90 Å². The minimum atomic E-state index is -0.583. The molecule has 1 heterocycles. The monoisotopic (exact) mass is 230 g/mol. The first-order valence-corrected chi connectivity index (χ1v) is 4.92. The van der Waals surface area contributed by atoms with Crippen molar-refractivity contribution in [3.63, 3.8) is 0 Å². The molecule has 0 saturated heterocycles. The predicted molar refractivity (Wildman–Crippen MR) is 60.6 cm³/mol. The van der Waals surface area contributed by atoms with Gasteiger partial charge in [-0.3, -0.25) is 4.79 Å². The molecule has 1 aromatic carbocycles. The molecule has 1 aliphatic rings. The van der Waals surface area contributed by atoms with Gasteiger partial charge in [0, 0.05) is 5.69 Å². The minimum Gasteiger partial charge on any atom is -0.495 e. The second-order valence-electron chi connectivity index (χ2n) is 3.45. The highest BCUT2D eigenvalue weighted by Gasteiger charge is 2.17. The van der Waals surface area contributed by atoms with Crippen molar-refractivity contribution in [3.05, 3.63) is 41.8 Å². The van der Waals surface area contributed by atoms with Crippen molar-refractivity contribution in [2.45, 2.75) is 6.29 Å². The maximum Gasteiger partial charge on any atom is 0.252 e. The molecule has 0 bridgehead atoms. The van der Waals surface area contributed by atoms with Gasteiger partial charge in [-0.15, -0.1) is 0 Å². The van der Waals surface area contributed by atoms with Crippen LogP contribution in [0, 0.1) is 11.3 Å². The van der Waals surface area contributed by atoms with Gasteiger partial charge in [0.2, 0.25) is 0 Å². The van der Waals surface area contributed by atoms with E-state index in [0.717, 1.165) is 11.8 Å². The molecule has 1 aliphatic heterocycles. The molecule has 17 heavy (non-hydrogen) atoms. The van der Waals surface area contributed by atoms with E-state index in [2.05, 4.69) is 16.0 Å². The Balaban J connectivity index is 2.04. The molecule has 1 atom stereocenters. The Bertz CT molecular complexity index is 501. The molecule has 1 aromatic rings. The molecule has 4 N–H and O–H groups in total. The average molecular weight is 230 g/mol. The number of nitriles is 1. The first-order chi connectivity index (χ1) is 8.17. The summed E-state index contributed by atoms with van der Waals surface area (Å²) in [6.07, 6.45) is 0.470. The molecule has 6 heteroatoms. The van der Waals surface area contributed by atoms with Crippen LogP contribution in [0.15, 0.2) is 36.2 Å². The molecule has 6 nitrogen and oxygen atoms in total. The molecule has 1 amide bonds. The van der Waals surface area contributed by atoms with E-state index in [-0.39, 0.29) is 11.8 Å². The third-order valence-corrected chi connectivity index (χ3v) is 2.17. The standard InChI is InChI=1S/C11H10N4O2/c12-6-7-1-3-8(4-2-7)13-11-14-9(16)5-10(17)15-11/h1-5,11,13-14,16H,(H,15,17). The smallest absolute Gasteiger partial charge is 0.252 e. The van der Waals surface area contributed by atoms with Crippen LogP contribution in [0.2, 0.25) is 0 Å². The van der Waals surface area contributed by atoms with Gasteiger partial charge in [0.15, 0.2) is 12.2 Å². The van der Waals surface area contributed by atoms with E-state index in [1.807, 2.05) is 6.07 Å². The molecule has 0 spiro atoms. The van der Waals surface area contributed by atoms with Crippen molar-refractivity contribution in [1.82, 2.24) is 10.6 Å². The van der Waals surface area contributed by atoms with Crippen molar-refractivity contribution in [2.24, 2.45) is 0 Å². The summed E-state index contributed by atoms with van der Waals surface area (Å²) in [5.41, 5.74) is 1.27. The van der Waals surface area contributed by atoms with E-state index in [0.29, 0.717) is 5.56 Å². The summed E-state index contributed by atoms with van der Waals surface area (Å²) in [6, 6.07) is 8.74. The molecule has 0 saturated carbocycles. The van der Waals surface area contributed by atoms with Gasteiger partial charge in [0.1, 0.15) is 0 Å². The second-order valence-corrected chi connectivity index (χ2v) is 3.45. The zero-order valence-corrected chi connectivity index (χ0v) is 8.77. The van der Waals surface area contributed by atoms with E-state index >= 15 is 0 Å². The minimum absolute atomic E-state index is 0.195. The predicted octanol–water partition coefficient (Wildman–Crippen LogP) is 0.373. The first-order valence-electron chi connectivity index (χ1n) is 4.92. The number of hydrogen-bond donors (Lipinski definition) is 4.